The van der Waals surface area contributed by atoms with Gasteiger partial charge in [0.15, 0.2) is 0 Å². The molecule has 0 aromatic heterocycles. The first-order valence-corrected chi connectivity index (χ1v) is 8.57. The first-order valence-electron chi connectivity index (χ1n) is 2.43. The maximum absolute atomic E-state index is 5.89. The molecule has 46 valence electrons. The number of hydrogen-bond acceptors (Lipinski definition) is 0. The van der Waals surface area contributed by atoms with Crippen LogP contribution in [0.4, 0.5) is 0 Å². The van der Waals surface area contributed by atoms with E-state index in [-0.39, 0.29) is 0 Å². The molecule has 0 spiro atoms. The predicted octanol–water partition coefficient (Wildman–Crippen LogP) is 3.07. The fraction of sp³-hybridized carbons (Fsp3) is 1.00. The summed E-state index contributed by atoms with van der Waals surface area (Å²) in [7, 11) is 5.89. The van der Waals surface area contributed by atoms with Gasteiger partial charge in [0, 0.05) is 0 Å². The zero-order chi connectivity index (χ0) is 5.86. The first kappa shape index (κ1) is 8.02. The third-order valence-electron chi connectivity index (χ3n) is 1.08. The summed E-state index contributed by atoms with van der Waals surface area (Å²) in [6, 6.07) is 0. The third kappa shape index (κ3) is 3.59. The fourth-order valence-corrected chi connectivity index (χ4v) is 2.21. The second kappa shape index (κ2) is 3.96. The Morgan fingerprint density at radius 3 is 2.14 bits per heavy atom. The zero-order valence-electron chi connectivity index (χ0n) is 5.04. The average molecular weight is 235 g/mol. The van der Waals surface area contributed by atoms with Gasteiger partial charge in [0.1, 0.15) is 0 Å². The summed E-state index contributed by atoms with van der Waals surface area (Å²) in [5.41, 5.74) is 0. The van der Waals surface area contributed by atoms with Crippen LogP contribution in [0.5, 0.6) is 0 Å². The van der Waals surface area contributed by atoms with Gasteiger partial charge in [-0.3, -0.25) is 0 Å². The molecule has 0 N–H and O–H groups in total. The van der Waals surface area contributed by atoms with Gasteiger partial charge in [-0.15, -0.1) is 0 Å². The fourth-order valence-electron chi connectivity index (χ4n) is 0.213. The van der Waals surface area contributed by atoms with Crippen molar-refractivity contribution >= 4 is 27.6 Å². The molecule has 0 bridgehead atoms. The molecule has 0 aromatic carbocycles. The van der Waals surface area contributed by atoms with Gasteiger partial charge < -0.3 is 0 Å². The molecule has 0 aliphatic heterocycles. The Bertz CT molecular complexity index is 45.3. The van der Waals surface area contributed by atoms with Crippen LogP contribution in [-0.4, -0.2) is 8.86 Å². The van der Waals surface area contributed by atoms with Crippen molar-refractivity contribution in [3.05, 3.63) is 0 Å². The Morgan fingerprint density at radius 1 is 1.71 bits per heavy atom. The van der Waals surface area contributed by atoms with Gasteiger partial charge >= 0.3 is 56.7 Å². The van der Waals surface area contributed by atoms with Crippen LogP contribution < -0.4 is 0 Å². The van der Waals surface area contributed by atoms with Crippen LogP contribution in [-0.2, 0) is 0 Å². The predicted molar refractivity (Wildman–Crippen MR) is 45.6 cm³/mol. The molecule has 7 heavy (non-hydrogen) atoms. The molecule has 1 unspecified atom stereocenters. The molecule has 1 atom stereocenters. The normalized spacial score (nSPS) is 16.3. The van der Waals surface area contributed by atoms with E-state index in [2.05, 4.69) is 18.8 Å². The number of hydrogen-bond donors (Lipinski definition) is 0. The summed E-state index contributed by atoms with van der Waals surface area (Å²) in [5.74, 6) is 0. The van der Waals surface area contributed by atoms with Crippen LogP contribution in [0.15, 0.2) is 0 Å². The minimum absolute atomic E-state index is 0.825. The topological polar surface area (TPSA) is 0 Å². The van der Waals surface area contributed by atoms with Crippen LogP contribution in [0.25, 0.3) is 0 Å². The molecule has 0 saturated heterocycles. The van der Waals surface area contributed by atoms with Crippen molar-refractivity contribution in [1.29, 1.82) is 0 Å². The van der Waals surface area contributed by atoms with Gasteiger partial charge in [-0.2, -0.15) is 0 Å². The van der Waals surface area contributed by atoms with Crippen LogP contribution in [0.3, 0.4) is 0 Å². The molecule has 0 radical (unpaired) electrons. The maximum atomic E-state index is 5.89. The SMILES string of the molecule is CCC(C)I(C)Cl. The van der Waals surface area contributed by atoms with Gasteiger partial charge in [-0.05, 0) is 0 Å². The van der Waals surface area contributed by atoms with E-state index in [4.69, 9.17) is 8.91 Å². The van der Waals surface area contributed by atoms with Gasteiger partial charge in [0.2, 0.25) is 0 Å². The summed E-state index contributed by atoms with van der Waals surface area (Å²) >= 11 is -0.937. The van der Waals surface area contributed by atoms with E-state index in [1.165, 1.54) is 6.42 Å². The molecule has 2 heteroatoms. The van der Waals surface area contributed by atoms with Gasteiger partial charge in [-0.25, -0.2) is 0 Å². The van der Waals surface area contributed by atoms with E-state index in [0.29, 0.717) is 0 Å². The van der Waals surface area contributed by atoms with E-state index in [1.807, 2.05) is 0 Å². The van der Waals surface area contributed by atoms with Gasteiger partial charge in [0.05, 0.1) is 0 Å². The molecule has 0 heterocycles. The number of halogens is 2. The summed E-state index contributed by atoms with van der Waals surface area (Å²) in [6.45, 7) is 4.43. The van der Waals surface area contributed by atoms with Crippen LogP contribution in [0.2, 0.25) is 0 Å². The molecule has 0 aliphatic rings. The van der Waals surface area contributed by atoms with E-state index < -0.39 is 18.7 Å². The van der Waals surface area contributed by atoms with Crippen LogP contribution in [0.1, 0.15) is 20.3 Å². The van der Waals surface area contributed by atoms with Crippen molar-refractivity contribution in [2.45, 2.75) is 24.2 Å². The third-order valence-corrected chi connectivity index (χ3v) is 6.78. The van der Waals surface area contributed by atoms with Gasteiger partial charge in [-0.1, -0.05) is 0 Å². The Hall–Kier alpha value is 1.02. The van der Waals surface area contributed by atoms with Crippen LogP contribution >= 0.6 is 27.6 Å². The Balaban J connectivity index is 3.14. The van der Waals surface area contributed by atoms with Crippen molar-refractivity contribution in [2.24, 2.45) is 0 Å². The molecule has 0 fully saturated rings. The van der Waals surface area contributed by atoms with Crippen molar-refractivity contribution in [2.75, 3.05) is 4.93 Å². The summed E-state index contributed by atoms with van der Waals surface area (Å²) < 4.78 is 0.825. The molecular weight excluding hydrogens is 222 g/mol. The van der Waals surface area contributed by atoms with Crippen molar-refractivity contribution < 1.29 is 0 Å². The first-order chi connectivity index (χ1) is 3.18. The molecule has 0 rings (SSSR count). The Morgan fingerprint density at radius 2 is 2.14 bits per heavy atom. The van der Waals surface area contributed by atoms with E-state index in [9.17, 15) is 0 Å². The quantitative estimate of drug-likeness (QED) is 0.509. The number of rotatable bonds is 2. The molecule has 0 aliphatic carbocycles. The molecule has 0 amide bonds. The summed E-state index contributed by atoms with van der Waals surface area (Å²) in [5, 5.41) is 0. The summed E-state index contributed by atoms with van der Waals surface area (Å²) in [4.78, 5) is 2.19. The Kier molecular flexibility index (Phi) is 4.53. The average Bonchev–Trinajstić information content (AvgIpc) is 1.65. The van der Waals surface area contributed by atoms with Crippen LogP contribution in [0, 0.1) is 0 Å². The zero-order valence-corrected chi connectivity index (χ0v) is 7.95. The van der Waals surface area contributed by atoms with E-state index in [0.717, 1.165) is 3.92 Å². The summed E-state index contributed by atoms with van der Waals surface area (Å²) in [6.07, 6.45) is 1.25. The Labute approximate surface area is 56.7 Å². The molecule has 0 aromatic rings. The van der Waals surface area contributed by atoms with Gasteiger partial charge in [0.25, 0.3) is 0 Å². The number of alkyl halides is 2. The van der Waals surface area contributed by atoms with Crippen molar-refractivity contribution in [3.63, 3.8) is 0 Å². The van der Waals surface area contributed by atoms with Crippen molar-refractivity contribution in [1.82, 2.24) is 0 Å². The second-order valence-corrected chi connectivity index (χ2v) is 9.31. The van der Waals surface area contributed by atoms with E-state index >= 15 is 0 Å². The van der Waals surface area contributed by atoms with E-state index in [1.54, 1.807) is 0 Å². The molecule has 0 nitrogen and oxygen atoms in total. The minimum atomic E-state index is -0.937. The molecular formula is C5H12ClI. The second-order valence-electron chi connectivity index (χ2n) is 1.63. The monoisotopic (exact) mass is 234 g/mol. The molecule has 0 saturated carbocycles. The standard InChI is InChI=1S/C5H12ClI/c1-4-5(2)7(3)6/h5H,4H2,1-3H3. The van der Waals surface area contributed by atoms with Crippen molar-refractivity contribution in [3.8, 4) is 0 Å².